The largest absolute Gasteiger partial charge is 0.356 e. The number of aromatic nitrogens is 4. The highest BCUT2D eigenvalue weighted by atomic mass is 35.5. The molecule has 0 saturated heterocycles. The predicted molar refractivity (Wildman–Crippen MR) is 113 cm³/mol. The maximum atomic E-state index is 12.8. The minimum absolute atomic E-state index is 0.337. The van der Waals surface area contributed by atoms with E-state index < -0.39 is 11.2 Å². The van der Waals surface area contributed by atoms with E-state index in [1.54, 1.807) is 23.7 Å². The van der Waals surface area contributed by atoms with E-state index >= 15 is 0 Å². The van der Waals surface area contributed by atoms with Crippen LogP contribution in [0, 0.1) is 0 Å². The van der Waals surface area contributed by atoms with Crippen LogP contribution in [0.25, 0.3) is 11.2 Å². The standard InChI is InChI=1S/C18H22Cl2N6O2/c1-21-7-4-8-22-17-23-15-14(16(27)25(3)18(28)24(15)2)26(17)10-11-5-6-12(19)13(20)9-11/h5-6,9,21H,4,7-8,10H2,1-3H3,(H,22,23). The number of benzene rings is 1. The van der Waals surface area contributed by atoms with Crippen LogP contribution < -0.4 is 21.9 Å². The first-order valence-corrected chi connectivity index (χ1v) is 9.59. The van der Waals surface area contributed by atoms with Crippen molar-refractivity contribution in [3.05, 3.63) is 54.6 Å². The smallest absolute Gasteiger partial charge is 0.332 e. The molecule has 0 spiro atoms. The van der Waals surface area contributed by atoms with E-state index in [9.17, 15) is 9.59 Å². The molecule has 28 heavy (non-hydrogen) atoms. The van der Waals surface area contributed by atoms with Crippen LogP contribution in [-0.4, -0.2) is 38.8 Å². The van der Waals surface area contributed by atoms with E-state index in [0.717, 1.165) is 23.1 Å². The Morgan fingerprint density at radius 1 is 1.07 bits per heavy atom. The molecule has 0 amide bonds. The molecule has 0 aliphatic rings. The summed E-state index contributed by atoms with van der Waals surface area (Å²) in [5.41, 5.74) is 0.742. The van der Waals surface area contributed by atoms with E-state index in [4.69, 9.17) is 23.2 Å². The molecule has 2 N–H and O–H groups in total. The summed E-state index contributed by atoms with van der Waals surface area (Å²) in [6.07, 6.45) is 0.878. The molecule has 0 saturated carbocycles. The van der Waals surface area contributed by atoms with Crippen LogP contribution in [0.5, 0.6) is 0 Å². The highest BCUT2D eigenvalue weighted by Crippen LogP contribution is 2.24. The summed E-state index contributed by atoms with van der Waals surface area (Å²) in [6.45, 7) is 1.87. The number of hydrogen-bond donors (Lipinski definition) is 2. The lowest BCUT2D eigenvalue weighted by Crippen LogP contribution is -2.37. The van der Waals surface area contributed by atoms with Gasteiger partial charge in [-0.2, -0.15) is 4.98 Å². The zero-order valence-corrected chi connectivity index (χ0v) is 17.4. The van der Waals surface area contributed by atoms with E-state index in [2.05, 4.69) is 15.6 Å². The second kappa shape index (κ2) is 8.38. The Bertz CT molecular complexity index is 1130. The van der Waals surface area contributed by atoms with Crippen molar-refractivity contribution in [3.63, 3.8) is 0 Å². The van der Waals surface area contributed by atoms with E-state index in [0.29, 0.717) is 40.2 Å². The van der Waals surface area contributed by atoms with Crippen molar-refractivity contribution in [2.75, 3.05) is 25.5 Å². The van der Waals surface area contributed by atoms with E-state index in [1.807, 2.05) is 13.1 Å². The monoisotopic (exact) mass is 424 g/mol. The zero-order valence-electron chi connectivity index (χ0n) is 15.9. The van der Waals surface area contributed by atoms with Gasteiger partial charge in [-0.05, 0) is 37.7 Å². The Balaban J connectivity index is 2.14. The molecule has 0 fully saturated rings. The Labute approximate surface area is 171 Å². The number of imidazole rings is 1. The number of nitrogens with one attached hydrogen (secondary N) is 2. The van der Waals surface area contributed by atoms with Gasteiger partial charge in [0.05, 0.1) is 16.6 Å². The van der Waals surface area contributed by atoms with Gasteiger partial charge in [-0.3, -0.25) is 18.5 Å². The van der Waals surface area contributed by atoms with Gasteiger partial charge in [-0.25, -0.2) is 4.79 Å². The molecular formula is C18H22Cl2N6O2. The SMILES string of the molecule is CNCCCNc1nc2c(c(=O)n(C)c(=O)n2C)n1Cc1ccc(Cl)c(Cl)c1. The van der Waals surface area contributed by atoms with Gasteiger partial charge in [-0.15, -0.1) is 0 Å². The van der Waals surface area contributed by atoms with Gasteiger partial charge in [0.2, 0.25) is 5.95 Å². The van der Waals surface area contributed by atoms with Gasteiger partial charge in [0.15, 0.2) is 11.2 Å². The quantitative estimate of drug-likeness (QED) is 0.564. The average Bonchev–Trinajstić information content (AvgIpc) is 3.03. The number of halogens is 2. The predicted octanol–water partition coefficient (Wildman–Crippen LogP) is 1.81. The summed E-state index contributed by atoms with van der Waals surface area (Å²) in [7, 11) is 4.95. The summed E-state index contributed by atoms with van der Waals surface area (Å²) < 4.78 is 4.23. The van der Waals surface area contributed by atoms with Crippen LogP contribution in [0.2, 0.25) is 10.0 Å². The highest BCUT2D eigenvalue weighted by Gasteiger charge is 2.19. The summed E-state index contributed by atoms with van der Waals surface area (Å²) in [6, 6.07) is 5.32. The number of aryl methyl sites for hydroxylation is 1. The lowest BCUT2D eigenvalue weighted by atomic mass is 10.2. The Morgan fingerprint density at radius 2 is 1.82 bits per heavy atom. The fraction of sp³-hybridized carbons (Fsp3) is 0.389. The number of hydrogen-bond acceptors (Lipinski definition) is 5. The van der Waals surface area contributed by atoms with Crippen LogP contribution in [0.15, 0.2) is 27.8 Å². The normalized spacial score (nSPS) is 11.3. The van der Waals surface area contributed by atoms with Crippen LogP contribution in [0.4, 0.5) is 5.95 Å². The van der Waals surface area contributed by atoms with Gasteiger partial charge >= 0.3 is 5.69 Å². The molecule has 0 bridgehead atoms. The fourth-order valence-corrected chi connectivity index (χ4v) is 3.34. The Kier molecular flexibility index (Phi) is 6.12. The van der Waals surface area contributed by atoms with Crippen molar-refractivity contribution in [2.45, 2.75) is 13.0 Å². The van der Waals surface area contributed by atoms with Crippen molar-refractivity contribution in [2.24, 2.45) is 14.1 Å². The first-order chi connectivity index (χ1) is 13.3. The molecule has 2 heterocycles. The van der Waals surface area contributed by atoms with E-state index in [1.165, 1.54) is 11.6 Å². The van der Waals surface area contributed by atoms with Crippen molar-refractivity contribution in [1.29, 1.82) is 0 Å². The third kappa shape index (κ3) is 3.80. The van der Waals surface area contributed by atoms with Gasteiger partial charge in [-0.1, -0.05) is 29.3 Å². The summed E-state index contributed by atoms with van der Waals surface area (Å²) >= 11 is 12.2. The highest BCUT2D eigenvalue weighted by molar-refractivity contribution is 6.42. The van der Waals surface area contributed by atoms with Crippen molar-refractivity contribution >= 4 is 40.3 Å². The lowest BCUT2D eigenvalue weighted by molar-refractivity contribution is 0.702. The molecule has 2 aromatic heterocycles. The number of anilines is 1. The van der Waals surface area contributed by atoms with E-state index in [-0.39, 0.29) is 0 Å². The molecule has 0 aliphatic carbocycles. The second-order valence-electron chi connectivity index (χ2n) is 6.53. The molecule has 0 atom stereocenters. The van der Waals surface area contributed by atoms with Crippen LogP contribution >= 0.6 is 23.2 Å². The maximum Gasteiger partial charge on any atom is 0.332 e. The number of nitrogens with zero attached hydrogens (tertiary/aromatic N) is 4. The first kappa shape index (κ1) is 20.4. The summed E-state index contributed by atoms with van der Waals surface area (Å²) in [5.74, 6) is 0.524. The van der Waals surface area contributed by atoms with Crippen molar-refractivity contribution in [1.82, 2.24) is 24.0 Å². The fourth-order valence-electron chi connectivity index (χ4n) is 3.02. The number of fused-ring (bicyclic) bond motifs is 1. The molecule has 0 aliphatic heterocycles. The third-order valence-corrected chi connectivity index (χ3v) is 5.30. The molecule has 3 aromatic rings. The molecule has 150 valence electrons. The van der Waals surface area contributed by atoms with Crippen molar-refractivity contribution < 1.29 is 0 Å². The van der Waals surface area contributed by atoms with Gasteiger partial charge in [0.1, 0.15) is 0 Å². The van der Waals surface area contributed by atoms with Crippen LogP contribution in [0.1, 0.15) is 12.0 Å². The van der Waals surface area contributed by atoms with Crippen LogP contribution in [0.3, 0.4) is 0 Å². The Hall–Kier alpha value is -2.29. The Morgan fingerprint density at radius 3 is 2.50 bits per heavy atom. The topological polar surface area (TPSA) is 85.9 Å². The maximum absolute atomic E-state index is 12.8. The van der Waals surface area contributed by atoms with Crippen LogP contribution in [-0.2, 0) is 20.6 Å². The summed E-state index contributed by atoms with van der Waals surface area (Å²) in [4.78, 5) is 29.6. The van der Waals surface area contributed by atoms with Gasteiger partial charge in [0.25, 0.3) is 5.56 Å². The molecule has 3 rings (SSSR count). The summed E-state index contributed by atoms with van der Waals surface area (Å²) in [5, 5.41) is 7.25. The van der Waals surface area contributed by atoms with Crippen molar-refractivity contribution in [3.8, 4) is 0 Å². The minimum atomic E-state index is -0.418. The first-order valence-electron chi connectivity index (χ1n) is 8.83. The molecule has 1 aromatic carbocycles. The second-order valence-corrected chi connectivity index (χ2v) is 7.35. The minimum Gasteiger partial charge on any atom is -0.356 e. The molecule has 10 heteroatoms. The molecule has 0 radical (unpaired) electrons. The zero-order chi connectivity index (χ0) is 20.4. The van der Waals surface area contributed by atoms with Gasteiger partial charge in [0, 0.05) is 20.6 Å². The molecule has 0 unspecified atom stereocenters. The van der Waals surface area contributed by atoms with Gasteiger partial charge < -0.3 is 10.6 Å². The third-order valence-electron chi connectivity index (χ3n) is 4.56. The molecular weight excluding hydrogens is 403 g/mol. The number of rotatable bonds is 7. The lowest BCUT2D eigenvalue weighted by Gasteiger charge is -2.11. The molecule has 8 nitrogen and oxygen atoms in total. The average molecular weight is 425 g/mol.